The zero-order valence-electron chi connectivity index (χ0n) is 12.6. The van der Waals surface area contributed by atoms with Gasteiger partial charge in [-0.3, -0.25) is 4.90 Å². The topological polar surface area (TPSA) is 62.6 Å². The Morgan fingerprint density at radius 3 is 2.81 bits per heavy atom. The second-order valence-corrected chi connectivity index (χ2v) is 5.85. The van der Waals surface area contributed by atoms with Crippen molar-refractivity contribution in [3.63, 3.8) is 0 Å². The summed E-state index contributed by atoms with van der Waals surface area (Å²) in [6, 6.07) is 3.68. The Hall–Kier alpha value is -1.59. The average molecular weight is 290 g/mol. The standard InChI is InChI=1S/C16H22N2O3/c1-11(19)13-5-7-18(8-6-13)10-14-12(2)21-16(17-14)15-4-3-9-20-15/h3-4,9,11,13,19H,5-8,10H2,1-2H3. The Balaban J connectivity index is 1.64. The Kier molecular flexibility index (Phi) is 4.12. The number of aliphatic hydroxyl groups excluding tert-OH is 1. The lowest BCUT2D eigenvalue weighted by Crippen LogP contribution is -2.36. The Bertz CT molecular complexity index is 566. The Morgan fingerprint density at radius 2 is 2.19 bits per heavy atom. The van der Waals surface area contributed by atoms with Gasteiger partial charge in [-0.15, -0.1) is 0 Å². The first-order valence-corrected chi connectivity index (χ1v) is 7.54. The van der Waals surface area contributed by atoms with Crippen LogP contribution in [0.5, 0.6) is 0 Å². The predicted octanol–water partition coefficient (Wildman–Crippen LogP) is 2.84. The van der Waals surface area contributed by atoms with E-state index in [0.717, 1.165) is 43.9 Å². The lowest BCUT2D eigenvalue weighted by atomic mass is 9.92. The number of nitrogens with zero attached hydrogens (tertiary/aromatic N) is 2. The van der Waals surface area contributed by atoms with Gasteiger partial charge in [-0.05, 0) is 57.8 Å². The number of rotatable bonds is 4. The number of furan rings is 1. The molecule has 3 heterocycles. The summed E-state index contributed by atoms with van der Waals surface area (Å²) in [5.74, 6) is 2.49. The fourth-order valence-electron chi connectivity index (χ4n) is 2.89. The maximum absolute atomic E-state index is 9.65. The van der Waals surface area contributed by atoms with E-state index < -0.39 is 0 Å². The van der Waals surface area contributed by atoms with E-state index in [4.69, 9.17) is 8.83 Å². The Morgan fingerprint density at radius 1 is 1.43 bits per heavy atom. The van der Waals surface area contributed by atoms with E-state index >= 15 is 0 Å². The molecule has 2 aromatic rings. The van der Waals surface area contributed by atoms with E-state index in [0.29, 0.717) is 17.6 Å². The van der Waals surface area contributed by atoms with E-state index in [1.54, 1.807) is 6.26 Å². The first-order valence-electron chi connectivity index (χ1n) is 7.54. The number of aromatic nitrogens is 1. The number of hydrogen-bond donors (Lipinski definition) is 1. The van der Waals surface area contributed by atoms with Crippen molar-refractivity contribution in [1.82, 2.24) is 9.88 Å². The molecule has 1 unspecified atom stereocenters. The lowest BCUT2D eigenvalue weighted by Gasteiger charge is -2.32. The molecule has 1 N–H and O–H groups in total. The molecule has 1 fully saturated rings. The zero-order chi connectivity index (χ0) is 14.8. The number of aryl methyl sites for hydroxylation is 1. The molecule has 0 bridgehead atoms. The van der Waals surface area contributed by atoms with Crippen LogP contribution in [-0.2, 0) is 6.54 Å². The predicted molar refractivity (Wildman–Crippen MR) is 78.6 cm³/mol. The molecule has 0 aromatic carbocycles. The van der Waals surface area contributed by atoms with Crippen LogP contribution >= 0.6 is 0 Å². The van der Waals surface area contributed by atoms with Crippen LogP contribution in [0, 0.1) is 12.8 Å². The van der Waals surface area contributed by atoms with Crippen LogP contribution in [0.3, 0.4) is 0 Å². The summed E-state index contributed by atoms with van der Waals surface area (Å²) in [7, 11) is 0. The van der Waals surface area contributed by atoms with Crippen LogP contribution in [-0.4, -0.2) is 34.2 Å². The zero-order valence-corrected chi connectivity index (χ0v) is 12.6. The minimum atomic E-state index is -0.202. The van der Waals surface area contributed by atoms with Crippen molar-refractivity contribution < 1.29 is 13.9 Å². The highest BCUT2D eigenvalue weighted by Crippen LogP contribution is 2.25. The fourth-order valence-corrected chi connectivity index (χ4v) is 2.89. The third-order valence-electron chi connectivity index (χ3n) is 4.31. The molecule has 2 aromatic heterocycles. The van der Waals surface area contributed by atoms with Gasteiger partial charge < -0.3 is 13.9 Å². The second kappa shape index (κ2) is 6.03. The number of aliphatic hydroxyl groups is 1. The van der Waals surface area contributed by atoms with Gasteiger partial charge in [0.05, 0.1) is 18.1 Å². The minimum absolute atomic E-state index is 0.202. The van der Waals surface area contributed by atoms with Crippen molar-refractivity contribution >= 4 is 0 Å². The van der Waals surface area contributed by atoms with Crippen molar-refractivity contribution in [2.75, 3.05) is 13.1 Å². The maximum atomic E-state index is 9.65. The Labute approximate surface area is 124 Å². The van der Waals surface area contributed by atoms with Crippen molar-refractivity contribution in [2.45, 2.75) is 39.3 Å². The molecule has 0 amide bonds. The molecule has 0 aliphatic carbocycles. The normalized spacial score (nSPS) is 19.0. The van der Waals surface area contributed by atoms with Crippen LogP contribution in [0.2, 0.25) is 0 Å². The molecule has 5 heteroatoms. The summed E-state index contributed by atoms with van der Waals surface area (Å²) in [4.78, 5) is 6.92. The molecule has 0 radical (unpaired) electrons. The average Bonchev–Trinajstić information content (AvgIpc) is 3.10. The fraction of sp³-hybridized carbons (Fsp3) is 0.562. The van der Waals surface area contributed by atoms with Crippen LogP contribution in [0.25, 0.3) is 11.7 Å². The smallest absolute Gasteiger partial charge is 0.263 e. The van der Waals surface area contributed by atoms with Gasteiger partial charge in [0.1, 0.15) is 5.76 Å². The van der Waals surface area contributed by atoms with Crippen LogP contribution in [0.15, 0.2) is 27.2 Å². The molecule has 1 aliphatic rings. The highest BCUT2D eigenvalue weighted by Gasteiger charge is 2.24. The molecule has 1 atom stereocenters. The molecule has 1 aliphatic heterocycles. The van der Waals surface area contributed by atoms with Crippen molar-refractivity contribution in [3.8, 4) is 11.7 Å². The van der Waals surface area contributed by atoms with Crippen molar-refractivity contribution in [3.05, 3.63) is 29.9 Å². The van der Waals surface area contributed by atoms with Gasteiger partial charge in [-0.2, -0.15) is 0 Å². The summed E-state index contributed by atoms with van der Waals surface area (Å²) >= 11 is 0. The first-order chi connectivity index (χ1) is 10.1. The van der Waals surface area contributed by atoms with Gasteiger partial charge in [0.25, 0.3) is 5.89 Å². The number of hydrogen-bond acceptors (Lipinski definition) is 5. The molecule has 0 spiro atoms. The molecule has 3 rings (SSSR count). The third kappa shape index (κ3) is 3.19. The monoisotopic (exact) mass is 290 g/mol. The van der Waals surface area contributed by atoms with Gasteiger partial charge in [-0.1, -0.05) is 0 Å². The molecular weight excluding hydrogens is 268 g/mol. The summed E-state index contributed by atoms with van der Waals surface area (Å²) in [6.45, 7) is 6.62. The highest BCUT2D eigenvalue weighted by molar-refractivity contribution is 5.44. The first kappa shape index (κ1) is 14.4. The van der Waals surface area contributed by atoms with E-state index in [1.807, 2.05) is 26.0 Å². The summed E-state index contributed by atoms with van der Waals surface area (Å²) in [6.07, 6.45) is 3.50. The van der Waals surface area contributed by atoms with Crippen LogP contribution < -0.4 is 0 Å². The molecule has 114 valence electrons. The van der Waals surface area contributed by atoms with E-state index in [2.05, 4.69) is 9.88 Å². The quantitative estimate of drug-likeness (QED) is 0.938. The van der Waals surface area contributed by atoms with Gasteiger partial charge in [0.2, 0.25) is 0 Å². The molecule has 0 saturated carbocycles. The van der Waals surface area contributed by atoms with Gasteiger partial charge in [0.15, 0.2) is 5.76 Å². The maximum Gasteiger partial charge on any atom is 0.263 e. The molecule has 21 heavy (non-hydrogen) atoms. The van der Waals surface area contributed by atoms with Crippen LogP contribution in [0.4, 0.5) is 0 Å². The second-order valence-electron chi connectivity index (χ2n) is 5.85. The molecule has 5 nitrogen and oxygen atoms in total. The summed E-state index contributed by atoms with van der Waals surface area (Å²) < 4.78 is 11.0. The third-order valence-corrected chi connectivity index (χ3v) is 4.31. The molecule has 1 saturated heterocycles. The summed E-state index contributed by atoms with van der Waals surface area (Å²) in [5.41, 5.74) is 0.969. The molecular formula is C16H22N2O3. The minimum Gasteiger partial charge on any atom is -0.459 e. The van der Waals surface area contributed by atoms with Crippen molar-refractivity contribution in [1.29, 1.82) is 0 Å². The number of likely N-dealkylation sites (tertiary alicyclic amines) is 1. The van der Waals surface area contributed by atoms with E-state index in [1.165, 1.54) is 0 Å². The largest absolute Gasteiger partial charge is 0.459 e. The SMILES string of the molecule is Cc1oc(-c2ccco2)nc1CN1CCC(C(C)O)CC1. The highest BCUT2D eigenvalue weighted by atomic mass is 16.4. The van der Waals surface area contributed by atoms with Crippen LogP contribution in [0.1, 0.15) is 31.2 Å². The van der Waals surface area contributed by atoms with E-state index in [-0.39, 0.29) is 6.10 Å². The van der Waals surface area contributed by atoms with Crippen molar-refractivity contribution in [2.24, 2.45) is 5.92 Å². The summed E-state index contributed by atoms with van der Waals surface area (Å²) in [5, 5.41) is 9.65. The van der Waals surface area contributed by atoms with Gasteiger partial charge >= 0.3 is 0 Å². The van der Waals surface area contributed by atoms with E-state index in [9.17, 15) is 5.11 Å². The number of oxazole rings is 1. The van der Waals surface area contributed by atoms with Gasteiger partial charge in [0, 0.05) is 6.54 Å². The number of piperidine rings is 1. The lowest BCUT2D eigenvalue weighted by molar-refractivity contribution is 0.0690. The van der Waals surface area contributed by atoms with Gasteiger partial charge in [-0.25, -0.2) is 4.98 Å².